The highest BCUT2D eigenvalue weighted by molar-refractivity contribution is 6.17. The topological polar surface area (TPSA) is 34.2 Å². The summed E-state index contributed by atoms with van der Waals surface area (Å²) in [6, 6.07) is 4.01. The summed E-state index contributed by atoms with van der Waals surface area (Å²) >= 11 is 5.48. The number of hydrogen-bond donors (Lipinski definition) is 1. The predicted octanol–water partition coefficient (Wildman–Crippen LogP) is 2.45. The number of nitrogens with zero attached hydrogens (tertiary/aromatic N) is 1. The molecule has 84 valence electrons. The lowest BCUT2D eigenvalue weighted by Gasteiger charge is -2.06. The largest absolute Gasteiger partial charge is 0.380 e. The highest BCUT2D eigenvalue weighted by atomic mass is 35.5. The van der Waals surface area contributed by atoms with Gasteiger partial charge in [0.05, 0.1) is 6.61 Å². The zero-order chi connectivity index (χ0) is 10.9. The highest BCUT2D eigenvalue weighted by Crippen LogP contribution is 2.04. The van der Waals surface area contributed by atoms with Crippen molar-refractivity contribution in [3.05, 3.63) is 23.9 Å². The van der Waals surface area contributed by atoms with E-state index in [0.717, 1.165) is 25.4 Å². The number of aromatic nitrogens is 1. The lowest BCUT2D eigenvalue weighted by molar-refractivity contribution is 0.149. The molecule has 0 spiro atoms. The Morgan fingerprint density at radius 2 is 2.33 bits per heavy atom. The fraction of sp³-hybridized carbons (Fsp3) is 0.545. The lowest BCUT2D eigenvalue weighted by Crippen LogP contribution is -2.07. The lowest BCUT2D eigenvalue weighted by atomic mass is 10.3. The molecule has 0 aliphatic rings. The summed E-state index contributed by atoms with van der Waals surface area (Å²) in [6.45, 7) is 4.30. The van der Waals surface area contributed by atoms with E-state index in [9.17, 15) is 0 Å². The second kappa shape index (κ2) is 7.49. The molecule has 0 atom stereocenters. The van der Waals surface area contributed by atoms with Gasteiger partial charge in [0, 0.05) is 25.2 Å². The molecule has 4 heteroatoms. The Morgan fingerprint density at radius 1 is 1.47 bits per heavy atom. The molecule has 0 saturated heterocycles. The van der Waals surface area contributed by atoms with Crippen LogP contribution in [0.15, 0.2) is 18.3 Å². The molecule has 0 radical (unpaired) electrons. The molecule has 1 aromatic rings. The summed E-state index contributed by atoms with van der Waals surface area (Å²) in [6.07, 6.45) is 2.77. The molecular weight excluding hydrogens is 212 g/mol. The first-order valence-corrected chi connectivity index (χ1v) is 5.66. The molecule has 0 aliphatic heterocycles. The van der Waals surface area contributed by atoms with Crippen LogP contribution in [0.2, 0.25) is 0 Å². The van der Waals surface area contributed by atoms with Crippen molar-refractivity contribution in [2.24, 2.45) is 0 Å². The van der Waals surface area contributed by atoms with Crippen molar-refractivity contribution in [2.45, 2.75) is 13.3 Å². The second-order valence-corrected chi connectivity index (χ2v) is 3.68. The quantitative estimate of drug-likeness (QED) is 0.575. The van der Waals surface area contributed by atoms with Crippen molar-refractivity contribution >= 4 is 17.4 Å². The van der Waals surface area contributed by atoms with Gasteiger partial charge in [-0.05, 0) is 31.0 Å². The molecule has 0 saturated carbocycles. The summed E-state index contributed by atoms with van der Waals surface area (Å²) in [5.41, 5.74) is 1.21. The Balaban J connectivity index is 2.10. The molecule has 1 aromatic heterocycles. The molecule has 0 aromatic carbocycles. The summed E-state index contributed by atoms with van der Waals surface area (Å²) in [5, 5.41) is 3.24. The minimum Gasteiger partial charge on any atom is -0.380 e. The van der Waals surface area contributed by atoms with E-state index in [4.69, 9.17) is 16.3 Å². The Morgan fingerprint density at radius 3 is 3.07 bits per heavy atom. The average molecular weight is 229 g/mol. The van der Waals surface area contributed by atoms with Gasteiger partial charge < -0.3 is 10.1 Å². The SMILES string of the molecule is Cc1ccnc(NCCCOCCCl)c1. The molecule has 1 rings (SSSR count). The first-order valence-electron chi connectivity index (χ1n) is 5.13. The van der Waals surface area contributed by atoms with E-state index in [0.29, 0.717) is 12.5 Å². The molecule has 1 N–H and O–H groups in total. The number of alkyl halides is 1. The minimum absolute atomic E-state index is 0.562. The molecule has 0 aliphatic carbocycles. The number of nitrogens with one attached hydrogen (secondary N) is 1. The monoisotopic (exact) mass is 228 g/mol. The summed E-state index contributed by atoms with van der Waals surface area (Å²) in [5.74, 6) is 1.49. The molecule has 0 unspecified atom stereocenters. The van der Waals surface area contributed by atoms with Crippen LogP contribution in [0.3, 0.4) is 0 Å². The number of ether oxygens (including phenoxy) is 1. The fourth-order valence-electron chi connectivity index (χ4n) is 1.18. The van der Waals surface area contributed by atoms with Crippen molar-refractivity contribution in [3.63, 3.8) is 0 Å². The van der Waals surface area contributed by atoms with E-state index in [1.54, 1.807) is 0 Å². The van der Waals surface area contributed by atoms with Crippen LogP contribution in [0, 0.1) is 6.92 Å². The second-order valence-electron chi connectivity index (χ2n) is 3.30. The average Bonchev–Trinajstić information content (AvgIpc) is 2.23. The zero-order valence-electron chi connectivity index (χ0n) is 9.00. The summed E-state index contributed by atoms with van der Waals surface area (Å²) in [7, 11) is 0. The smallest absolute Gasteiger partial charge is 0.126 e. The van der Waals surface area contributed by atoms with Crippen LogP contribution in [0.5, 0.6) is 0 Å². The Kier molecular flexibility index (Phi) is 6.12. The highest BCUT2D eigenvalue weighted by Gasteiger charge is 1.93. The van der Waals surface area contributed by atoms with Crippen LogP contribution in [-0.4, -0.2) is 30.6 Å². The normalized spacial score (nSPS) is 10.3. The molecule has 15 heavy (non-hydrogen) atoms. The molecular formula is C11H17ClN2O. The van der Waals surface area contributed by atoms with Crippen LogP contribution < -0.4 is 5.32 Å². The first-order chi connectivity index (χ1) is 7.33. The van der Waals surface area contributed by atoms with Crippen molar-refractivity contribution in [3.8, 4) is 0 Å². The third-order valence-electron chi connectivity index (χ3n) is 1.91. The minimum atomic E-state index is 0.562. The predicted molar refractivity (Wildman–Crippen MR) is 63.6 cm³/mol. The molecule has 0 fully saturated rings. The van der Waals surface area contributed by atoms with Gasteiger partial charge in [0.15, 0.2) is 0 Å². The maximum atomic E-state index is 5.48. The number of pyridine rings is 1. The maximum absolute atomic E-state index is 5.48. The van der Waals surface area contributed by atoms with Crippen LogP contribution in [0.4, 0.5) is 5.82 Å². The van der Waals surface area contributed by atoms with Crippen LogP contribution in [-0.2, 0) is 4.74 Å². The number of anilines is 1. The van der Waals surface area contributed by atoms with Gasteiger partial charge in [-0.15, -0.1) is 11.6 Å². The van der Waals surface area contributed by atoms with Gasteiger partial charge in [0.25, 0.3) is 0 Å². The van der Waals surface area contributed by atoms with E-state index in [2.05, 4.69) is 17.2 Å². The van der Waals surface area contributed by atoms with E-state index < -0.39 is 0 Å². The Bertz CT molecular complexity index is 281. The van der Waals surface area contributed by atoms with Crippen molar-refractivity contribution < 1.29 is 4.74 Å². The van der Waals surface area contributed by atoms with Gasteiger partial charge >= 0.3 is 0 Å². The van der Waals surface area contributed by atoms with Crippen LogP contribution in [0.25, 0.3) is 0 Å². The van der Waals surface area contributed by atoms with E-state index in [-0.39, 0.29) is 0 Å². The Hall–Kier alpha value is -0.800. The van der Waals surface area contributed by atoms with E-state index in [1.807, 2.05) is 18.3 Å². The zero-order valence-corrected chi connectivity index (χ0v) is 9.76. The first kappa shape index (κ1) is 12.3. The summed E-state index contributed by atoms with van der Waals surface area (Å²) in [4.78, 5) is 4.20. The van der Waals surface area contributed by atoms with Crippen LogP contribution in [0.1, 0.15) is 12.0 Å². The molecule has 1 heterocycles. The van der Waals surface area contributed by atoms with Crippen LogP contribution >= 0.6 is 11.6 Å². The number of halogens is 1. The van der Waals surface area contributed by atoms with E-state index in [1.165, 1.54) is 5.56 Å². The number of hydrogen-bond acceptors (Lipinski definition) is 3. The maximum Gasteiger partial charge on any atom is 0.126 e. The van der Waals surface area contributed by atoms with Crippen molar-refractivity contribution in [1.82, 2.24) is 4.98 Å². The van der Waals surface area contributed by atoms with E-state index >= 15 is 0 Å². The third-order valence-corrected chi connectivity index (χ3v) is 2.06. The third kappa shape index (κ3) is 5.60. The van der Waals surface area contributed by atoms with Gasteiger partial charge in [0.2, 0.25) is 0 Å². The van der Waals surface area contributed by atoms with Gasteiger partial charge in [-0.25, -0.2) is 4.98 Å². The molecule has 0 amide bonds. The summed E-state index contributed by atoms with van der Waals surface area (Å²) < 4.78 is 5.25. The van der Waals surface area contributed by atoms with Crippen molar-refractivity contribution in [2.75, 3.05) is 31.0 Å². The Labute approximate surface area is 95.8 Å². The number of rotatable bonds is 7. The molecule has 0 bridgehead atoms. The number of aryl methyl sites for hydroxylation is 1. The van der Waals surface area contributed by atoms with Gasteiger partial charge in [-0.2, -0.15) is 0 Å². The standard InChI is InChI=1S/C11H17ClN2O/c1-10-3-6-14-11(9-10)13-5-2-7-15-8-4-12/h3,6,9H,2,4-5,7-8H2,1H3,(H,13,14). The van der Waals surface area contributed by atoms with Crippen molar-refractivity contribution in [1.29, 1.82) is 0 Å². The molecule has 3 nitrogen and oxygen atoms in total. The fourth-order valence-corrected chi connectivity index (χ4v) is 1.29. The van der Waals surface area contributed by atoms with Gasteiger partial charge in [-0.1, -0.05) is 0 Å². The van der Waals surface area contributed by atoms with Gasteiger partial charge in [-0.3, -0.25) is 0 Å². The van der Waals surface area contributed by atoms with Gasteiger partial charge in [0.1, 0.15) is 5.82 Å².